The van der Waals surface area contributed by atoms with Crippen LogP contribution in [0.15, 0.2) is 35.7 Å². The van der Waals surface area contributed by atoms with Gasteiger partial charge in [-0.15, -0.1) is 11.3 Å². The average molecular weight is 448 g/mol. The van der Waals surface area contributed by atoms with Crippen LogP contribution in [0, 0.1) is 5.92 Å². The number of thiophene rings is 1. The van der Waals surface area contributed by atoms with Crippen LogP contribution in [0.1, 0.15) is 30.7 Å². The Balaban J connectivity index is 1.42. The van der Waals surface area contributed by atoms with E-state index in [-0.39, 0.29) is 31.0 Å². The van der Waals surface area contributed by atoms with Crippen LogP contribution >= 0.6 is 22.9 Å². The fraction of sp³-hybridized carbons (Fsp3) is 0.455. The Labute approximate surface area is 185 Å². The number of nitrogens with one attached hydrogen (secondary N) is 1. The summed E-state index contributed by atoms with van der Waals surface area (Å²) in [6.07, 6.45) is 2.35. The summed E-state index contributed by atoms with van der Waals surface area (Å²) in [5, 5.41) is 5.62. The fourth-order valence-electron chi connectivity index (χ4n) is 3.99. The van der Waals surface area contributed by atoms with Crippen molar-refractivity contribution in [2.75, 3.05) is 37.7 Å². The van der Waals surface area contributed by atoms with E-state index in [1.54, 1.807) is 29.5 Å². The Morgan fingerprint density at radius 3 is 2.87 bits per heavy atom. The molecule has 0 aliphatic carbocycles. The van der Waals surface area contributed by atoms with Gasteiger partial charge in [0.05, 0.1) is 11.7 Å². The molecule has 1 saturated heterocycles. The lowest BCUT2D eigenvalue weighted by Gasteiger charge is -2.36. The standard InChI is InChI=1S/C22H26ClN3O3S/c1-15-6-8-25(9-7-15)18(20-3-2-10-30-20)12-24-21(27)13-26-17-11-16(23)4-5-19(17)29-14-22(26)28/h2-5,10-11,15,18H,6-9,12-14H2,1H3,(H,24,27)/t18-/m0/s1. The molecule has 2 aliphatic heterocycles. The zero-order valence-electron chi connectivity index (χ0n) is 17.0. The van der Waals surface area contributed by atoms with Gasteiger partial charge in [-0.3, -0.25) is 19.4 Å². The number of hydrogen-bond donors (Lipinski definition) is 1. The number of hydrogen-bond acceptors (Lipinski definition) is 5. The predicted octanol–water partition coefficient (Wildman–Crippen LogP) is 3.72. The molecule has 2 aromatic rings. The molecule has 0 bridgehead atoms. The van der Waals surface area contributed by atoms with Gasteiger partial charge < -0.3 is 10.1 Å². The van der Waals surface area contributed by atoms with Crippen LogP contribution in [0.5, 0.6) is 5.75 Å². The van der Waals surface area contributed by atoms with Gasteiger partial charge >= 0.3 is 0 Å². The van der Waals surface area contributed by atoms with Gasteiger partial charge in [0, 0.05) is 16.4 Å². The van der Waals surface area contributed by atoms with Gasteiger partial charge in [0.1, 0.15) is 12.3 Å². The van der Waals surface area contributed by atoms with Gasteiger partial charge in [-0.2, -0.15) is 0 Å². The number of piperidine rings is 1. The lowest BCUT2D eigenvalue weighted by molar-refractivity contribution is -0.125. The highest BCUT2D eigenvalue weighted by molar-refractivity contribution is 7.10. The number of likely N-dealkylation sites (tertiary alicyclic amines) is 1. The van der Waals surface area contributed by atoms with Crippen LogP contribution in [0.25, 0.3) is 0 Å². The van der Waals surface area contributed by atoms with Crippen molar-refractivity contribution in [3.63, 3.8) is 0 Å². The first-order valence-corrected chi connectivity index (χ1v) is 11.5. The van der Waals surface area contributed by atoms with E-state index >= 15 is 0 Å². The fourth-order valence-corrected chi connectivity index (χ4v) is 5.02. The molecule has 160 valence electrons. The van der Waals surface area contributed by atoms with Crippen molar-refractivity contribution in [3.8, 4) is 5.75 Å². The Morgan fingerprint density at radius 2 is 2.13 bits per heavy atom. The Morgan fingerprint density at radius 1 is 1.33 bits per heavy atom. The Kier molecular flexibility index (Phi) is 6.61. The van der Waals surface area contributed by atoms with Gasteiger partial charge in [-0.25, -0.2) is 0 Å². The summed E-state index contributed by atoms with van der Waals surface area (Å²) in [4.78, 5) is 30.3. The highest BCUT2D eigenvalue weighted by Gasteiger charge is 2.29. The maximum Gasteiger partial charge on any atom is 0.265 e. The van der Waals surface area contributed by atoms with Crippen molar-refractivity contribution in [2.24, 2.45) is 5.92 Å². The number of benzene rings is 1. The third kappa shape index (κ3) is 4.79. The van der Waals surface area contributed by atoms with Crippen molar-refractivity contribution in [1.82, 2.24) is 10.2 Å². The second-order valence-electron chi connectivity index (χ2n) is 7.93. The molecular formula is C22H26ClN3O3S. The summed E-state index contributed by atoms with van der Waals surface area (Å²) in [5.74, 6) is 0.868. The quantitative estimate of drug-likeness (QED) is 0.733. The lowest BCUT2D eigenvalue weighted by Crippen LogP contribution is -2.47. The van der Waals surface area contributed by atoms with Crippen molar-refractivity contribution < 1.29 is 14.3 Å². The van der Waals surface area contributed by atoms with Crippen LogP contribution in [0.4, 0.5) is 5.69 Å². The van der Waals surface area contributed by atoms with Gasteiger partial charge in [0.25, 0.3) is 5.91 Å². The van der Waals surface area contributed by atoms with E-state index in [1.807, 2.05) is 0 Å². The first-order chi connectivity index (χ1) is 14.5. The number of rotatable bonds is 6. The predicted molar refractivity (Wildman–Crippen MR) is 119 cm³/mol. The largest absolute Gasteiger partial charge is 0.482 e. The van der Waals surface area contributed by atoms with E-state index in [1.165, 1.54) is 22.6 Å². The molecule has 1 N–H and O–H groups in total. The molecule has 0 saturated carbocycles. The number of carbonyl (C=O) groups is 2. The molecule has 8 heteroatoms. The number of carbonyl (C=O) groups excluding carboxylic acids is 2. The summed E-state index contributed by atoms with van der Waals surface area (Å²) >= 11 is 7.80. The minimum Gasteiger partial charge on any atom is -0.482 e. The molecule has 0 radical (unpaired) electrons. The highest BCUT2D eigenvalue weighted by Crippen LogP contribution is 2.34. The maximum absolute atomic E-state index is 12.8. The zero-order chi connectivity index (χ0) is 21.1. The third-order valence-electron chi connectivity index (χ3n) is 5.79. The SMILES string of the molecule is CC1CCN([C@@H](CNC(=O)CN2C(=O)COc3ccc(Cl)cc32)c2cccs2)CC1. The topological polar surface area (TPSA) is 61.9 Å². The van der Waals surface area contributed by atoms with Crippen molar-refractivity contribution in [2.45, 2.75) is 25.8 Å². The van der Waals surface area contributed by atoms with E-state index < -0.39 is 0 Å². The molecule has 2 aliphatic rings. The van der Waals surface area contributed by atoms with Gasteiger partial charge in [0.2, 0.25) is 5.91 Å². The molecule has 0 unspecified atom stereocenters. The first-order valence-electron chi connectivity index (χ1n) is 10.3. The number of fused-ring (bicyclic) bond motifs is 1. The molecule has 1 atom stereocenters. The van der Waals surface area contributed by atoms with Crippen LogP contribution < -0.4 is 15.0 Å². The smallest absolute Gasteiger partial charge is 0.265 e. The number of nitrogens with zero attached hydrogens (tertiary/aromatic N) is 2. The van der Waals surface area contributed by atoms with Gasteiger partial charge in [0.15, 0.2) is 6.61 Å². The van der Waals surface area contributed by atoms with E-state index in [2.05, 4.69) is 34.7 Å². The lowest BCUT2D eigenvalue weighted by atomic mass is 9.97. The molecule has 30 heavy (non-hydrogen) atoms. The summed E-state index contributed by atoms with van der Waals surface area (Å²) in [5.41, 5.74) is 0.536. The minimum atomic E-state index is -0.250. The number of ether oxygens (including phenoxy) is 1. The summed E-state index contributed by atoms with van der Waals surface area (Å²) in [6.45, 7) is 4.76. The van der Waals surface area contributed by atoms with E-state index in [0.717, 1.165) is 19.0 Å². The number of anilines is 1. The Hall–Kier alpha value is -2.09. The second kappa shape index (κ2) is 9.37. The monoisotopic (exact) mass is 447 g/mol. The molecule has 6 nitrogen and oxygen atoms in total. The normalized spacial score (nSPS) is 18.6. The van der Waals surface area contributed by atoms with Crippen LogP contribution in [-0.4, -0.2) is 49.5 Å². The average Bonchev–Trinajstić information content (AvgIpc) is 3.26. The second-order valence-corrected chi connectivity index (χ2v) is 9.35. The molecule has 1 aromatic heterocycles. The van der Waals surface area contributed by atoms with Crippen LogP contribution in [0.2, 0.25) is 5.02 Å². The van der Waals surface area contributed by atoms with Crippen LogP contribution in [0.3, 0.4) is 0 Å². The summed E-state index contributed by atoms with van der Waals surface area (Å²) < 4.78 is 5.45. The molecule has 4 rings (SSSR count). The first kappa shape index (κ1) is 21.2. The van der Waals surface area contributed by atoms with Gasteiger partial charge in [-0.05, 0) is 61.5 Å². The summed E-state index contributed by atoms with van der Waals surface area (Å²) in [7, 11) is 0. The molecule has 0 spiro atoms. The molecular weight excluding hydrogens is 422 g/mol. The summed E-state index contributed by atoms with van der Waals surface area (Å²) in [6, 6.07) is 9.42. The van der Waals surface area contributed by atoms with E-state index in [9.17, 15) is 9.59 Å². The maximum atomic E-state index is 12.8. The molecule has 1 fully saturated rings. The minimum absolute atomic E-state index is 0.0519. The number of amides is 2. The van der Waals surface area contributed by atoms with Crippen molar-refractivity contribution in [1.29, 1.82) is 0 Å². The van der Waals surface area contributed by atoms with Crippen molar-refractivity contribution >= 4 is 40.4 Å². The zero-order valence-corrected chi connectivity index (χ0v) is 18.5. The van der Waals surface area contributed by atoms with Gasteiger partial charge in [-0.1, -0.05) is 24.6 Å². The third-order valence-corrected chi connectivity index (χ3v) is 7.00. The molecule has 1 aromatic carbocycles. The van der Waals surface area contributed by atoms with E-state index in [0.29, 0.717) is 23.0 Å². The number of halogens is 1. The molecule has 2 amide bonds. The molecule has 3 heterocycles. The van der Waals surface area contributed by atoms with Crippen molar-refractivity contribution in [3.05, 3.63) is 45.6 Å². The van der Waals surface area contributed by atoms with Crippen LogP contribution in [-0.2, 0) is 9.59 Å². The highest BCUT2D eigenvalue weighted by atomic mass is 35.5. The Bertz CT molecular complexity index is 897. The van der Waals surface area contributed by atoms with E-state index in [4.69, 9.17) is 16.3 Å².